The first-order valence-corrected chi connectivity index (χ1v) is 15.4. The molecule has 0 aliphatic heterocycles. The summed E-state index contributed by atoms with van der Waals surface area (Å²) in [7, 11) is -3.93. The molecule has 3 aromatic carbocycles. The molecule has 0 saturated carbocycles. The molecule has 1 amide bonds. The van der Waals surface area contributed by atoms with Crippen molar-refractivity contribution >= 4 is 67.3 Å². The highest BCUT2D eigenvalue weighted by Gasteiger charge is 2.26. The predicted molar refractivity (Wildman–Crippen MR) is 167 cm³/mol. The topological polar surface area (TPSA) is 92.6 Å². The Labute approximate surface area is 250 Å². The number of aromatic nitrogens is 1. The van der Waals surface area contributed by atoms with E-state index in [1.54, 1.807) is 18.3 Å². The maximum absolute atomic E-state index is 13.2. The molecular formula is C28H26I2N4O3S. The van der Waals surface area contributed by atoms with Gasteiger partial charge in [0, 0.05) is 29.8 Å². The summed E-state index contributed by atoms with van der Waals surface area (Å²) >= 11 is 4.38. The first kappa shape index (κ1) is 28.5. The monoisotopic (exact) mass is 752 g/mol. The molecule has 4 rings (SSSR count). The fraction of sp³-hybridized carbons (Fsp3) is 0.143. The van der Waals surface area contributed by atoms with Crippen LogP contribution in [-0.2, 0) is 21.2 Å². The molecule has 0 aliphatic carbocycles. The summed E-state index contributed by atoms with van der Waals surface area (Å²) in [4.78, 5) is 13.2. The van der Waals surface area contributed by atoms with E-state index in [2.05, 4.69) is 77.1 Å². The number of benzene rings is 3. The summed E-state index contributed by atoms with van der Waals surface area (Å²) in [6.45, 7) is 4.00. The third kappa shape index (κ3) is 7.10. The molecule has 1 heterocycles. The number of aryl methyl sites for hydroxylation is 1. The van der Waals surface area contributed by atoms with Gasteiger partial charge in [-0.2, -0.15) is 9.82 Å². The van der Waals surface area contributed by atoms with Gasteiger partial charge < -0.3 is 4.57 Å². The predicted octanol–water partition coefficient (Wildman–Crippen LogP) is 5.34. The fourth-order valence-corrected chi connectivity index (χ4v) is 5.97. The van der Waals surface area contributed by atoms with Crippen LogP contribution in [0, 0.1) is 21.0 Å². The van der Waals surface area contributed by atoms with Crippen LogP contribution in [0.4, 0.5) is 0 Å². The van der Waals surface area contributed by atoms with Crippen molar-refractivity contribution in [3.8, 4) is 5.69 Å². The van der Waals surface area contributed by atoms with Gasteiger partial charge in [0.05, 0.1) is 11.1 Å². The number of hydrogen-bond donors (Lipinski definition) is 2. The number of amides is 1. The summed E-state index contributed by atoms with van der Waals surface area (Å²) in [6, 6.07) is 24.8. The fourth-order valence-electron chi connectivity index (χ4n) is 4.06. The molecule has 0 aliphatic rings. The van der Waals surface area contributed by atoms with E-state index in [0.29, 0.717) is 0 Å². The summed E-state index contributed by atoms with van der Waals surface area (Å²) in [5, 5.41) is 4.17. The number of halogens is 2. The zero-order valence-electron chi connectivity index (χ0n) is 20.7. The first-order valence-electron chi connectivity index (χ1n) is 11.7. The van der Waals surface area contributed by atoms with Gasteiger partial charge in [-0.3, -0.25) is 4.79 Å². The molecule has 0 saturated heterocycles. The maximum atomic E-state index is 13.2. The van der Waals surface area contributed by atoms with Crippen molar-refractivity contribution in [2.24, 2.45) is 5.10 Å². The van der Waals surface area contributed by atoms with Gasteiger partial charge in [0.2, 0.25) is 10.0 Å². The molecule has 2 N–H and O–H groups in total. The zero-order valence-corrected chi connectivity index (χ0v) is 25.9. The quantitative estimate of drug-likeness (QED) is 0.138. The van der Waals surface area contributed by atoms with Crippen molar-refractivity contribution in [2.75, 3.05) is 0 Å². The molecule has 196 valence electrons. The Morgan fingerprint density at radius 2 is 1.55 bits per heavy atom. The van der Waals surface area contributed by atoms with Crippen LogP contribution in [0.1, 0.15) is 22.5 Å². The van der Waals surface area contributed by atoms with Crippen molar-refractivity contribution in [3.05, 3.63) is 115 Å². The van der Waals surface area contributed by atoms with Crippen molar-refractivity contribution in [3.63, 3.8) is 0 Å². The van der Waals surface area contributed by atoms with Gasteiger partial charge in [0.15, 0.2) is 0 Å². The number of hydrazone groups is 1. The van der Waals surface area contributed by atoms with Gasteiger partial charge >= 0.3 is 0 Å². The molecule has 1 aromatic heterocycles. The van der Waals surface area contributed by atoms with Gasteiger partial charge in [-0.1, -0.05) is 30.3 Å². The van der Waals surface area contributed by atoms with Crippen LogP contribution in [0.2, 0.25) is 0 Å². The maximum Gasteiger partial charge on any atom is 0.258 e. The highest BCUT2D eigenvalue weighted by Crippen LogP contribution is 2.21. The average Bonchev–Trinajstić information content (AvgIpc) is 3.17. The van der Waals surface area contributed by atoms with Crippen LogP contribution in [0.15, 0.2) is 94.9 Å². The van der Waals surface area contributed by atoms with Crippen LogP contribution in [-0.4, -0.2) is 31.1 Å². The highest BCUT2D eigenvalue weighted by molar-refractivity contribution is 14.1. The number of carbonyl (C=O) groups excluding carboxylic acids is 1. The molecule has 0 unspecified atom stereocenters. The molecule has 7 nitrogen and oxygen atoms in total. The number of carbonyl (C=O) groups is 1. The molecule has 10 heteroatoms. The van der Waals surface area contributed by atoms with E-state index < -0.39 is 22.0 Å². The lowest BCUT2D eigenvalue weighted by Crippen LogP contribution is -2.46. The SMILES string of the molecule is Cc1cc(/C=N\NC(=O)[C@H](Cc2ccccc2)NS(=O)(=O)c2ccc(I)cc2)c(C)n1-c1ccc(I)cc1. The third-order valence-corrected chi connectivity index (χ3v) is 8.88. The van der Waals surface area contributed by atoms with Gasteiger partial charge in [0.25, 0.3) is 5.91 Å². The second kappa shape index (κ2) is 12.5. The summed E-state index contributed by atoms with van der Waals surface area (Å²) < 4.78 is 32.8. The summed E-state index contributed by atoms with van der Waals surface area (Å²) in [5.74, 6) is -0.550. The summed E-state index contributed by atoms with van der Waals surface area (Å²) in [5.41, 5.74) is 7.24. The standard InChI is InChI=1S/C28H26I2N4O3S/c1-19-16-22(20(2)34(19)25-12-8-23(29)9-13-25)18-31-32-28(35)27(17-21-6-4-3-5-7-21)33-38(36,37)26-14-10-24(30)11-15-26/h3-16,18,27,33H,17H2,1-2H3,(H,32,35)/b31-18-/t27-/m0/s1. The number of nitrogens with zero attached hydrogens (tertiary/aromatic N) is 2. The lowest BCUT2D eigenvalue weighted by Gasteiger charge is -2.17. The summed E-state index contributed by atoms with van der Waals surface area (Å²) in [6.07, 6.45) is 1.75. The molecule has 1 atom stereocenters. The van der Waals surface area contributed by atoms with Crippen LogP contribution >= 0.6 is 45.2 Å². The van der Waals surface area contributed by atoms with E-state index in [1.165, 1.54) is 12.1 Å². The van der Waals surface area contributed by atoms with E-state index in [0.717, 1.165) is 35.3 Å². The molecule has 4 aromatic rings. The Kier molecular flexibility index (Phi) is 9.39. The lowest BCUT2D eigenvalue weighted by atomic mass is 10.1. The average molecular weight is 752 g/mol. The number of nitrogens with one attached hydrogen (secondary N) is 2. The number of sulfonamides is 1. The van der Waals surface area contributed by atoms with Gasteiger partial charge in [-0.05, 0) is 126 Å². The van der Waals surface area contributed by atoms with Gasteiger partial charge in [0.1, 0.15) is 6.04 Å². The molecular weight excluding hydrogens is 726 g/mol. The Hall–Kier alpha value is -2.55. The Bertz CT molecular complexity index is 1550. The minimum Gasteiger partial charge on any atom is -0.318 e. The Morgan fingerprint density at radius 1 is 0.947 bits per heavy atom. The molecule has 38 heavy (non-hydrogen) atoms. The van der Waals surface area contributed by atoms with Crippen LogP contribution < -0.4 is 10.1 Å². The van der Waals surface area contributed by atoms with Crippen molar-refractivity contribution in [1.82, 2.24) is 14.7 Å². The first-order chi connectivity index (χ1) is 18.1. The van der Waals surface area contributed by atoms with E-state index >= 15 is 0 Å². The lowest BCUT2D eigenvalue weighted by molar-refractivity contribution is -0.122. The minimum atomic E-state index is -3.93. The Balaban J connectivity index is 1.53. The van der Waals surface area contributed by atoms with E-state index in [9.17, 15) is 13.2 Å². The van der Waals surface area contributed by atoms with E-state index in [1.807, 2.05) is 62.4 Å². The highest BCUT2D eigenvalue weighted by atomic mass is 127. The smallest absolute Gasteiger partial charge is 0.258 e. The van der Waals surface area contributed by atoms with Crippen LogP contribution in [0.3, 0.4) is 0 Å². The van der Waals surface area contributed by atoms with Gasteiger partial charge in [-0.15, -0.1) is 0 Å². The normalized spacial score (nSPS) is 12.5. The largest absolute Gasteiger partial charge is 0.318 e. The number of hydrogen-bond acceptors (Lipinski definition) is 4. The Morgan fingerprint density at radius 3 is 2.18 bits per heavy atom. The number of rotatable bonds is 9. The van der Waals surface area contributed by atoms with E-state index in [-0.39, 0.29) is 11.3 Å². The van der Waals surface area contributed by atoms with Crippen LogP contribution in [0.25, 0.3) is 5.69 Å². The van der Waals surface area contributed by atoms with E-state index in [4.69, 9.17) is 0 Å². The van der Waals surface area contributed by atoms with Crippen molar-refractivity contribution in [1.29, 1.82) is 0 Å². The molecule has 0 spiro atoms. The van der Waals surface area contributed by atoms with Crippen molar-refractivity contribution in [2.45, 2.75) is 31.2 Å². The second-order valence-corrected chi connectivity index (χ2v) is 12.9. The molecule has 0 bridgehead atoms. The van der Waals surface area contributed by atoms with Crippen molar-refractivity contribution < 1.29 is 13.2 Å². The molecule has 0 radical (unpaired) electrons. The molecule has 0 fully saturated rings. The third-order valence-electron chi connectivity index (χ3n) is 5.95. The minimum absolute atomic E-state index is 0.0929. The zero-order chi connectivity index (χ0) is 27.3. The van der Waals surface area contributed by atoms with Gasteiger partial charge in [-0.25, -0.2) is 13.8 Å². The van der Waals surface area contributed by atoms with Crippen LogP contribution in [0.5, 0.6) is 0 Å². The second-order valence-electron chi connectivity index (χ2n) is 8.69.